The zero-order valence-corrected chi connectivity index (χ0v) is 16.7. The number of halogens is 1. The molecule has 1 aromatic heterocycles. The fraction of sp³-hybridized carbons (Fsp3) is 0.286. The zero-order chi connectivity index (χ0) is 18.6. The summed E-state index contributed by atoms with van der Waals surface area (Å²) in [5.74, 6) is 0.828. The monoisotopic (exact) mass is 400 g/mol. The van der Waals surface area contributed by atoms with Gasteiger partial charge in [-0.3, -0.25) is 0 Å². The van der Waals surface area contributed by atoms with Crippen LogP contribution in [0.15, 0.2) is 58.9 Å². The van der Waals surface area contributed by atoms with E-state index in [0.717, 1.165) is 58.5 Å². The number of thiazole rings is 1. The quantitative estimate of drug-likeness (QED) is 0.583. The topological polar surface area (TPSA) is 35.8 Å². The van der Waals surface area contributed by atoms with Gasteiger partial charge in [-0.15, -0.1) is 11.3 Å². The Kier molecular flexibility index (Phi) is 5.62. The summed E-state index contributed by atoms with van der Waals surface area (Å²) in [4.78, 5) is 5.83. The molecule has 0 radical (unpaired) electrons. The summed E-state index contributed by atoms with van der Waals surface area (Å²) in [5, 5.41) is 2.89. The average molecular weight is 401 g/mol. The lowest BCUT2D eigenvalue weighted by atomic mass is 10.1. The molecule has 0 bridgehead atoms. The lowest BCUT2D eigenvalue weighted by Crippen LogP contribution is -2.24. The second-order valence-corrected chi connectivity index (χ2v) is 7.74. The molecule has 4 nitrogen and oxygen atoms in total. The number of hydrogen-bond donors (Lipinski definition) is 0. The molecule has 1 aliphatic heterocycles. The van der Waals surface area contributed by atoms with Crippen molar-refractivity contribution in [1.29, 1.82) is 0 Å². The Balaban J connectivity index is 1.75. The third-order valence-corrected chi connectivity index (χ3v) is 5.76. The first-order chi connectivity index (χ1) is 13.2. The molecule has 27 heavy (non-hydrogen) atoms. The van der Waals surface area contributed by atoms with Crippen LogP contribution in [0, 0.1) is 0 Å². The van der Waals surface area contributed by atoms with Crippen molar-refractivity contribution in [1.82, 2.24) is 4.57 Å². The van der Waals surface area contributed by atoms with Gasteiger partial charge in [0.1, 0.15) is 5.75 Å². The van der Waals surface area contributed by atoms with Crippen LogP contribution in [0.1, 0.15) is 12.8 Å². The minimum absolute atomic E-state index is 0.237. The fourth-order valence-electron chi connectivity index (χ4n) is 3.21. The van der Waals surface area contributed by atoms with Crippen molar-refractivity contribution < 1.29 is 9.47 Å². The Labute approximate surface area is 167 Å². The van der Waals surface area contributed by atoms with Crippen molar-refractivity contribution in [2.45, 2.75) is 25.5 Å². The Morgan fingerprint density at radius 1 is 1.19 bits per heavy atom. The van der Waals surface area contributed by atoms with Crippen LogP contribution in [-0.2, 0) is 11.3 Å². The number of nitrogens with zero attached hydrogens (tertiary/aromatic N) is 2. The number of ether oxygens (including phenoxy) is 2. The lowest BCUT2D eigenvalue weighted by Gasteiger charge is -2.14. The van der Waals surface area contributed by atoms with Crippen molar-refractivity contribution in [2.24, 2.45) is 4.99 Å². The summed E-state index contributed by atoms with van der Waals surface area (Å²) in [6.45, 7) is 1.65. The van der Waals surface area contributed by atoms with Gasteiger partial charge < -0.3 is 14.0 Å². The van der Waals surface area contributed by atoms with Gasteiger partial charge in [-0.2, -0.15) is 0 Å². The predicted molar refractivity (Wildman–Crippen MR) is 110 cm³/mol. The van der Waals surface area contributed by atoms with Gasteiger partial charge in [0, 0.05) is 17.0 Å². The molecule has 1 atom stereocenters. The van der Waals surface area contributed by atoms with Gasteiger partial charge in [0.25, 0.3) is 0 Å². The summed E-state index contributed by atoms with van der Waals surface area (Å²) >= 11 is 7.70. The van der Waals surface area contributed by atoms with E-state index in [2.05, 4.69) is 9.95 Å². The van der Waals surface area contributed by atoms with E-state index in [9.17, 15) is 0 Å². The minimum Gasteiger partial charge on any atom is -0.497 e. The van der Waals surface area contributed by atoms with Crippen LogP contribution in [-0.4, -0.2) is 24.4 Å². The van der Waals surface area contributed by atoms with E-state index in [1.807, 2.05) is 48.5 Å². The summed E-state index contributed by atoms with van der Waals surface area (Å²) in [5.41, 5.74) is 3.17. The molecule has 0 spiro atoms. The van der Waals surface area contributed by atoms with Crippen molar-refractivity contribution in [3.63, 3.8) is 0 Å². The molecule has 1 aliphatic rings. The standard InChI is InChI=1S/C21H21ClN2O2S/c1-25-18-10-8-17(9-11-18)23-21-24(13-19-3-2-12-26-19)20(14-27-21)15-4-6-16(22)7-5-15/h4-11,14,19H,2-3,12-13H2,1H3/t19-/m0/s1. The summed E-state index contributed by atoms with van der Waals surface area (Å²) in [6, 6.07) is 15.7. The molecule has 1 saturated heterocycles. The van der Waals surface area contributed by atoms with Gasteiger partial charge in [-0.05, 0) is 54.8 Å². The van der Waals surface area contributed by atoms with Crippen molar-refractivity contribution in [3.05, 3.63) is 63.7 Å². The Bertz CT molecular complexity index is 955. The van der Waals surface area contributed by atoms with Crippen LogP contribution in [0.25, 0.3) is 11.3 Å². The lowest BCUT2D eigenvalue weighted by molar-refractivity contribution is 0.0968. The Hall–Kier alpha value is -2.08. The molecule has 4 rings (SSSR count). The second kappa shape index (κ2) is 8.30. The van der Waals surface area contributed by atoms with Gasteiger partial charge in [0.15, 0.2) is 4.80 Å². The zero-order valence-electron chi connectivity index (χ0n) is 15.1. The van der Waals surface area contributed by atoms with Gasteiger partial charge in [-0.1, -0.05) is 23.7 Å². The van der Waals surface area contributed by atoms with Crippen molar-refractivity contribution in [2.75, 3.05) is 13.7 Å². The molecule has 140 valence electrons. The van der Waals surface area contributed by atoms with Gasteiger partial charge >= 0.3 is 0 Å². The molecular formula is C21H21ClN2O2S. The molecule has 0 N–H and O–H groups in total. The highest BCUT2D eigenvalue weighted by molar-refractivity contribution is 7.07. The third kappa shape index (κ3) is 4.26. The normalized spacial score (nSPS) is 17.4. The molecule has 0 unspecified atom stereocenters. The third-order valence-electron chi connectivity index (χ3n) is 4.65. The number of benzene rings is 2. The van der Waals surface area contributed by atoms with Gasteiger partial charge in [0.05, 0.1) is 31.1 Å². The van der Waals surface area contributed by atoms with E-state index in [1.54, 1.807) is 18.4 Å². The number of hydrogen-bond acceptors (Lipinski definition) is 4. The minimum atomic E-state index is 0.237. The van der Waals surface area contributed by atoms with E-state index in [1.165, 1.54) is 0 Å². The van der Waals surface area contributed by atoms with Crippen LogP contribution >= 0.6 is 22.9 Å². The molecule has 0 aliphatic carbocycles. The highest BCUT2D eigenvalue weighted by atomic mass is 35.5. The van der Waals surface area contributed by atoms with Crippen LogP contribution in [0.3, 0.4) is 0 Å². The molecule has 0 amide bonds. The largest absolute Gasteiger partial charge is 0.497 e. The average Bonchev–Trinajstić information content (AvgIpc) is 3.34. The number of aromatic nitrogens is 1. The van der Waals surface area contributed by atoms with E-state index in [4.69, 9.17) is 26.1 Å². The summed E-state index contributed by atoms with van der Waals surface area (Å²) in [6.07, 6.45) is 2.45. The van der Waals surface area contributed by atoms with Crippen LogP contribution < -0.4 is 9.54 Å². The van der Waals surface area contributed by atoms with Crippen LogP contribution in [0.4, 0.5) is 5.69 Å². The second-order valence-electron chi connectivity index (χ2n) is 6.47. The molecule has 3 aromatic rings. The van der Waals surface area contributed by atoms with E-state index >= 15 is 0 Å². The Morgan fingerprint density at radius 3 is 2.63 bits per heavy atom. The fourth-order valence-corrected chi connectivity index (χ4v) is 4.27. The van der Waals surface area contributed by atoms with E-state index < -0.39 is 0 Å². The molecule has 6 heteroatoms. The summed E-state index contributed by atoms with van der Waals surface area (Å²) in [7, 11) is 1.67. The summed E-state index contributed by atoms with van der Waals surface area (Å²) < 4.78 is 13.4. The maximum atomic E-state index is 6.06. The van der Waals surface area contributed by atoms with E-state index in [0.29, 0.717) is 0 Å². The maximum absolute atomic E-state index is 6.06. The smallest absolute Gasteiger partial charge is 0.190 e. The Morgan fingerprint density at radius 2 is 1.96 bits per heavy atom. The molecule has 1 fully saturated rings. The highest BCUT2D eigenvalue weighted by Gasteiger charge is 2.19. The first-order valence-corrected chi connectivity index (χ1v) is 10.2. The van der Waals surface area contributed by atoms with Gasteiger partial charge in [0.2, 0.25) is 0 Å². The first kappa shape index (κ1) is 18.3. The molecule has 2 heterocycles. The SMILES string of the molecule is COc1ccc(N=c2scc(-c3ccc(Cl)cc3)n2C[C@@H]2CCCO2)cc1. The molecule has 2 aromatic carbocycles. The predicted octanol–water partition coefficient (Wildman–Crippen LogP) is 5.29. The highest BCUT2D eigenvalue weighted by Crippen LogP contribution is 2.25. The van der Waals surface area contributed by atoms with Crippen molar-refractivity contribution in [3.8, 4) is 17.0 Å². The molecule has 0 saturated carbocycles. The maximum Gasteiger partial charge on any atom is 0.190 e. The number of rotatable bonds is 5. The molecular weight excluding hydrogens is 380 g/mol. The number of methoxy groups -OCH3 is 1. The van der Waals surface area contributed by atoms with E-state index in [-0.39, 0.29) is 6.10 Å². The van der Waals surface area contributed by atoms with Gasteiger partial charge in [-0.25, -0.2) is 4.99 Å². The van der Waals surface area contributed by atoms with Crippen molar-refractivity contribution >= 4 is 28.6 Å². The van der Waals surface area contributed by atoms with Crippen LogP contribution in [0.5, 0.6) is 5.75 Å². The van der Waals surface area contributed by atoms with Crippen LogP contribution in [0.2, 0.25) is 5.02 Å². The first-order valence-electron chi connectivity index (χ1n) is 8.97.